The van der Waals surface area contributed by atoms with Gasteiger partial charge in [-0.25, -0.2) is 4.98 Å². The minimum Gasteiger partial charge on any atom is -0.492 e. The molecule has 1 atom stereocenters. The number of hydrogen-bond donors (Lipinski definition) is 1. The van der Waals surface area contributed by atoms with Crippen LogP contribution in [0.15, 0.2) is 65.2 Å². The van der Waals surface area contributed by atoms with Gasteiger partial charge in [0.1, 0.15) is 17.6 Å². The Kier molecular flexibility index (Phi) is 5.83. The molecule has 1 aliphatic rings. The molecule has 1 amide bonds. The standard InChI is InChI=1S/C25H21N3O4S/c1-15-19(27-23(32-15)16-6-3-2-4-7-16)11-13-31-21-10-9-17(22-18(21)8-5-12-26-22)14-20-24(29)33-25(30)28-20/h2-10,12,20H,11,13-14H2,1H3,(H,28,30). The summed E-state index contributed by atoms with van der Waals surface area (Å²) in [4.78, 5) is 32.6. The molecule has 7 nitrogen and oxygen atoms in total. The summed E-state index contributed by atoms with van der Waals surface area (Å²) >= 11 is 0.719. The monoisotopic (exact) mass is 459 g/mol. The van der Waals surface area contributed by atoms with Crippen molar-refractivity contribution >= 4 is 33.0 Å². The van der Waals surface area contributed by atoms with Crippen LogP contribution in [0.4, 0.5) is 4.79 Å². The van der Waals surface area contributed by atoms with E-state index >= 15 is 0 Å². The number of aromatic nitrogens is 2. The SMILES string of the molecule is Cc1oc(-c2ccccc2)nc1CCOc1ccc(CC2NC(=O)SC2=O)c2ncccc12. The van der Waals surface area contributed by atoms with Crippen LogP contribution in [0.1, 0.15) is 17.0 Å². The van der Waals surface area contributed by atoms with Gasteiger partial charge in [-0.1, -0.05) is 24.3 Å². The molecule has 2 aromatic heterocycles. The highest BCUT2D eigenvalue weighted by molar-refractivity contribution is 8.26. The fraction of sp³-hybridized carbons (Fsp3) is 0.200. The van der Waals surface area contributed by atoms with E-state index in [1.807, 2.05) is 61.5 Å². The molecule has 1 aliphatic heterocycles. The van der Waals surface area contributed by atoms with Crippen LogP contribution in [0.3, 0.4) is 0 Å². The molecule has 1 saturated heterocycles. The maximum atomic E-state index is 12.0. The van der Waals surface area contributed by atoms with E-state index in [0.717, 1.165) is 45.2 Å². The Morgan fingerprint density at radius 1 is 1.09 bits per heavy atom. The lowest BCUT2D eigenvalue weighted by molar-refractivity contribution is -0.112. The highest BCUT2D eigenvalue weighted by Gasteiger charge is 2.31. The number of aryl methyl sites for hydroxylation is 1. The van der Waals surface area contributed by atoms with Crippen LogP contribution in [0, 0.1) is 6.92 Å². The molecule has 0 saturated carbocycles. The van der Waals surface area contributed by atoms with E-state index in [1.165, 1.54) is 0 Å². The van der Waals surface area contributed by atoms with Gasteiger partial charge >= 0.3 is 0 Å². The lowest BCUT2D eigenvalue weighted by atomic mass is 10.0. The van der Waals surface area contributed by atoms with Crippen molar-refractivity contribution in [1.29, 1.82) is 0 Å². The minimum atomic E-state index is -0.534. The summed E-state index contributed by atoms with van der Waals surface area (Å²) in [6.45, 7) is 2.34. The van der Waals surface area contributed by atoms with Crippen LogP contribution in [0.5, 0.6) is 5.75 Å². The zero-order valence-corrected chi connectivity index (χ0v) is 18.7. The molecule has 3 heterocycles. The normalized spacial score (nSPS) is 15.7. The largest absolute Gasteiger partial charge is 0.492 e. The Morgan fingerprint density at radius 2 is 1.94 bits per heavy atom. The van der Waals surface area contributed by atoms with E-state index in [0.29, 0.717) is 31.1 Å². The second-order valence-corrected chi connectivity index (χ2v) is 8.70. The summed E-state index contributed by atoms with van der Waals surface area (Å²) in [5.74, 6) is 2.09. The molecule has 8 heteroatoms. The lowest BCUT2D eigenvalue weighted by Crippen LogP contribution is -2.30. The van der Waals surface area contributed by atoms with Crippen LogP contribution in [-0.4, -0.2) is 33.0 Å². The summed E-state index contributed by atoms with van der Waals surface area (Å²) in [7, 11) is 0. The van der Waals surface area contributed by atoms with Gasteiger partial charge in [-0.15, -0.1) is 0 Å². The fourth-order valence-corrected chi connectivity index (χ4v) is 4.53. The molecule has 0 bridgehead atoms. The maximum absolute atomic E-state index is 12.0. The van der Waals surface area contributed by atoms with Gasteiger partial charge in [-0.3, -0.25) is 14.6 Å². The Balaban J connectivity index is 1.31. The average molecular weight is 460 g/mol. The summed E-state index contributed by atoms with van der Waals surface area (Å²) in [6.07, 6.45) is 2.71. The number of pyridine rings is 1. The van der Waals surface area contributed by atoms with Gasteiger partial charge in [0, 0.05) is 41.8 Å². The molecule has 1 N–H and O–H groups in total. The molecule has 1 unspecified atom stereocenters. The molecule has 0 spiro atoms. The third-order valence-electron chi connectivity index (χ3n) is 5.52. The number of oxazole rings is 1. The number of carbonyl (C=O) groups is 2. The highest BCUT2D eigenvalue weighted by Crippen LogP contribution is 2.30. The Morgan fingerprint density at radius 3 is 2.73 bits per heavy atom. The van der Waals surface area contributed by atoms with Gasteiger partial charge in [-0.05, 0) is 42.8 Å². The van der Waals surface area contributed by atoms with Crippen LogP contribution < -0.4 is 10.1 Å². The number of amides is 1. The fourth-order valence-electron chi connectivity index (χ4n) is 3.86. The van der Waals surface area contributed by atoms with E-state index < -0.39 is 6.04 Å². The third-order valence-corrected chi connectivity index (χ3v) is 6.31. The predicted molar refractivity (Wildman–Crippen MR) is 126 cm³/mol. The zero-order chi connectivity index (χ0) is 22.8. The number of nitrogens with zero attached hydrogens (tertiary/aromatic N) is 2. The van der Waals surface area contributed by atoms with Gasteiger partial charge < -0.3 is 14.5 Å². The molecule has 5 rings (SSSR count). The van der Waals surface area contributed by atoms with Crippen molar-refractivity contribution < 1.29 is 18.7 Å². The van der Waals surface area contributed by atoms with Crippen molar-refractivity contribution in [2.45, 2.75) is 25.8 Å². The number of carbonyl (C=O) groups excluding carboxylic acids is 2. The Labute approximate surface area is 194 Å². The zero-order valence-electron chi connectivity index (χ0n) is 17.9. The molecular formula is C25H21N3O4S. The second-order valence-electron chi connectivity index (χ2n) is 7.72. The van der Waals surface area contributed by atoms with Crippen molar-refractivity contribution in [2.75, 3.05) is 6.61 Å². The first-order valence-electron chi connectivity index (χ1n) is 10.6. The Bertz CT molecular complexity index is 1340. The van der Waals surface area contributed by atoms with Gasteiger partial charge in [0.25, 0.3) is 5.24 Å². The van der Waals surface area contributed by atoms with Crippen molar-refractivity contribution in [1.82, 2.24) is 15.3 Å². The summed E-state index contributed by atoms with van der Waals surface area (Å²) in [6, 6.07) is 16.9. The summed E-state index contributed by atoms with van der Waals surface area (Å²) in [5.41, 5.74) is 3.45. The molecule has 4 aromatic rings. The number of hydrogen-bond acceptors (Lipinski definition) is 7. The van der Waals surface area contributed by atoms with Crippen LogP contribution in [-0.2, 0) is 17.6 Å². The first-order valence-corrected chi connectivity index (χ1v) is 11.4. The van der Waals surface area contributed by atoms with Gasteiger partial charge in [0.15, 0.2) is 0 Å². The maximum Gasteiger partial charge on any atom is 0.287 e. The second kappa shape index (κ2) is 9.07. The first-order chi connectivity index (χ1) is 16.1. The third kappa shape index (κ3) is 4.47. The minimum absolute atomic E-state index is 0.165. The van der Waals surface area contributed by atoms with Crippen LogP contribution >= 0.6 is 11.8 Å². The number of thioether (sulfide) groups is 1. The topological polar surface area (TPSA) is 94.3 Å². The summed E-state index contributed by atoms with van der Waals surface area (Å²) in [5, 5.41) is 3.10. The van der Waals surface area contributed by atoms with E-state index in [1.54, 1.807) is 6.20 Å². The van der Waals surface area contributed by atoms with Crippen LogP contribution in [0.2, 0.25) is 0 Å². The molecule has 0 radical (unpaired) electrons. The molecule has 166 valence electrons. The lowest BCUT2D eigenvalue weighted by Gasteiger charge is -2.13. The van der Waals surface area contributed by atoms with Gasteiger partial charge in [0.05, 0.1) is 17.8 Å². The predicted octanol–water partition coefficient (Wildman–Crippen LogP) is 4.71. The van der Waals surface area contributed by atoms with Crippen molar-refractivity contribution in [2.24, 2.45) is 0 Å². The number of ether oxygens (including phenoxy) is 1. The molecule has 33 heavy (non-hydrogen) atoms. The summed E-state index contributed by atoms with van der Waals surface area (Å²) < 4.78 is 11.9. The highest BCUT2D eigenvalue weighted by atomic mass is 32.2. The van der Waals surface area contributed by atoms with Crippen molar-refractivity contribution in [3.8, 4) is 17.2 Å². The van der Waals surface area contributed by atoms with Crippen molar-refractivity contribution in [3.63, 3.8) is 0 Å². The van der Waals surface area contributed by atoms with Crippen LogP contribution in [0.25, 0.3) is 22.4 Å². The molecule has 0 aliphatic carbocycles. The molecule has 2 aromatic carbocycles. The van der Waals surface area contributed by atoms with E-state index in [-0.39, 0.29) is 10.4 Å². The van der Waals surface area contributed by atoms with Gasteiger partial charge in [0.2, 0.25) is 11.0 Å². The number of nitrogens with one attached hydrogen (secondary N) is 1. The molecular weight excluding hydrogens is 438 g/mol. The number of rotatable bonds is 7. The first kappa shape index (κ1) is 21.2. The van der Waals surface area contributed by atoms with Crippen molar-refractivity contribution in [3.05, 3.63) is 77.8 Å². The van der Waals surface area contributed by atoms with E-state index in [2.05, 4.69) is 15.3 Å². The number of benzene rings is 2. The smallest absolute Gasteiger partial charge is 0.287 e. The average Bonchev–Trinajstić information content (AvgIpc) is 3.36. The quantitative estimate of drug-likeness (QED) is 0.428. The Hall–Kier alpha value is -3.65. The number of fused-ring (bicyclic) bond motifs is 1. The molecule has 1 fully saturated rings. The van der Waals surface area contributed by atoms with E-state index in [9.17, 15) is 9.59 Å². The van der Waals surface area contributed by atoms with E-state index in [4.69, 9.17) is 9.15 Å². The van der Waals surface area contributed by atoms with Gasteiger partial charge in [-0.2, -0.15) is 0 Å².